The first kappa shape index (κ1) is 17.9. The fraction of sp³-hybridized carbons (Fsp3) is 0.174. The Morgan fingerprint density at radius 3 is 2.32 bits per heavy atom. The number of rotatable bonds is 3. The molecule has 0 aliphatic carbocycles. The van der Waals surface area contributed by atoms with Crippen molar-refractivity contribution < 1.29 is 9.59 Å². The van der Waals surface area contributed by atoms with Crippen molar-refractivity contribution in [3.05, 3.63) is 84.1 Å². The molecule has 2 heterocycles. The van der Waals surface area contributed by atoms with Crippen molar-refractivity contribution in [3.8, 4) is 0 Å². The third kappa shape index (κ3) is 3.78. The van der Waals surface area contributed by atoms with Gasteiger partial charge < -0.3 is 9.80 Å². The van der Waals surface area contributed by atoms with E-state index < -0.39 is 0 Å². The summed E-state index contributed by atoms with van der Waals surface area (Å²) in [7, 11) is 0. The van der Waals surface area contributed by atoms with Crippen LogP contribution in [0.2, 0.25) is 0 Å². The summed E-state index contributed by atoms with van der Waals surface area (Å²) in [6.07, 6.45) is 5.17. The smallest absolute Gasteiger partial charge is 0.253 e. The van der Waals surface area contributed by atoms with E-state index in [1.54, 1.807) is 22.1 Å². The molecule has 5 heteroatoms. The molecule has 0 spiro atoms. The Labute approximate surface area is 163 Å². The highest BCUT2D eigenvalue weighted by Gasteiger charge is 2.23. The molecule has 1 saturated heterocycles. The van der Waals surface area contributed by atoms with Gasteiger partial charge >= 0.3 is 0 Å². The van der Waals surface area contributed by atoms with Gasteiger partial charge in [-0.3, -0.25) is 14.6 Å². The van der Waals surface area contributed by atoms with Gasteiger partial charge in [-0.05, 0) is 24.3 Å². The Hall–Kier alpha value is -3.47. The predicted molar refractivity (Wildman–Crippen MR) is 110 cm³/mol. The van der Waals surface area contributed by atoms with Crippen molar-refractivity contribution in [2.45, 2.75) is 0 Å². The Kier molecular flexibility index (Phi) is 5.15. The summed E-state index contributed by atoms with van der Waals surface area (Å²) < 4.78 is 0. The van der Waals surface area contributed by atoms with E-state index in [4.69, 9.17) is 0 Å². The number of para-hydroxylation sites is 1. The van der Waals surface area contributed by atoms with Gasteiger partial charge in [0.2, 0.25) is 5.91 Å². The average molecular weight is 371 g/mol. The van der Waals surface area contributed by atoms with Crippen LogP contribution in [0.15, 0.2) is 72.9 Å². The van der Waals surface area contributed by atoms with E-state index in [1.807, 2.05) is 66.7 Å². The van der Waals surface area contributed by atoms with Crippen molar-refractivity contribution >= 4 is 28.8 Å². The SMILES string of the molecule is O=C(/C=C/c1cccc2cccnc12)N1CCN(C(=O)c2ccccc2)CC1. The molecule has 4 rings (SSSR count). The highest BCUT2D eigenvalue weighted by atomic mass is 16.2. The lowest BCUT2D eigenvalue weighted by molar-refractivity contribution is -0.127. The first-order valence-corrected chi connectivity index (χ1v) is 9.37. The largest absolute Gasteiger partial charge is 0.336 e. The van der Waals surface area contributed by atoms with Crippen molar-refractivity contribution in [1.29, 1.82) is 0 Å². The fourth-order valence-corrected chi connectivity index (χ4v) is 3.42. The molecule has 1 aliphatic heterocycles. The van der Waals surface area contributed by atoms with Crippen LogP contribution >= 0.6 is 0 Å². The summed E-state index contributed by atoms with van der Waals surface area (Å²) in [5.74, 6) is -0.0233. The van der Waals surface area contributed by atoms with Crippen LogP contribution in [0.3, 0.4) is 0 Å². The van der Waals surface area contributed by atoms with Crippen LogP contribution in [0.4, 0.5) is 0 Å². The van der Waals surface area contributed by atoms with Gasteiger partial charge in [0.1, 0.15) is 0 Å². The quantitative estimate of drug-likeness (QED) is 0.664. The van der Waals surface area contributed by atoms with Crippen LogP contribution in [0.5, 0.6) is 0 Å². The van der Waals surface area contributed by atoms with Crippen LogP contribution in [-0.4, -0.2) is 52.8 Å². The molecule has 0 radical (unpaired) electrons. The number of aromatic nitrogens is 1. The zero-order chi connectivity index (χ0) is 19.3. The maximum atomic E-state index is 12.6. The number of nitrogens with zero attached hydrogens (tertiary/aromatic N) is 3. The normalized spacial score (nSPS) is 14.6. The van der Waals surface area contributed by atoms with Crippen LogP contribution in [0.1, 0.15) is 15.9 Å². The number of carbonyl (C=O) groups is 2. The van der Waals surface area contributed by atoms with Gasteiger partial charge in [-0.1, -0.05) is 42.5 Å². The molecule has 1 fully saturated rings. The van der Waals surface area contributed by atoms with Crippen LogP contribution < -0.4 is 0 Å². The maximum absolute atomic E-state index is 12.6. The first-order valence-electron chi connectivity index (χ1n) is 9.37. The molecule has 3 aromatic rings. The molecular weight excluding hydrogens is 350 g/mol. The van der Waals surface area contributed by atoms with Crippen molar-refractivity contribution in [2.24, 2.45) is 0 Å². The summed E-state index contributed by atoms with van der Waals surface area (Å²) in [5.41, 5.74) is 2.49. The lowest BCUT2D eigenvalue weighted by Gasteiger charge is -2.34. The number of amides is 2. The van der Waals surface area contributed by atoms with Crippen molar-refractivity contribution in [1.82, 2.24) is 14.8 Å². The topological polar surface area (TPSA) is 53.5 Å². The van der Waals surface area contributed by atoms with E-state index >= 15 is 0 Å². The van der Waals surface area contributed by atoms with Gasteiger partial charge in [0, 0.05) is 55.0 Å². The molecule has 1 aromatic heterocycles. The van der Waals surface area contributed by atoms with Gasteiger partial charge in [-0.15, -0.1) is 0 Å². The molecule has 0 saturated carbocycles. The second-order valence-corrected chi connectivity index (χ2v) is 6.74. The van der Waals surface area contributed by atoms with E-state index in [0.29, 0.717) is 31.7 Å². The molecule has 28 heavy (non-hydrogen) atoms. The number of piperazine rings is 1. The average Bonchev–Trinajstić information content (AvgIpc) is 2.77. The summed E-state index contributed by atoms with van der Waals surface area (Å²) in [4.78, 5) is 33.1. The fourth-order valence-electron chi connectivity index (χ4n) is 3.42. The minimum atomic E-state index is -0.0419. The lowest BCUT2D eigenvalue weighted by atomic mass is 10.1. The third-order valence-electron chi connectivity index (χ3n) is 4.97. The molecule has 0 atom stereocenters. The van der Waals surface area contributed by atoms with Crippen molar-refractivity contribution in [3.63, 3.8) is 0 Å². The molecule has 140 valence electrons. The van der Waals surface area contributed by atoms with Gasteiger partial charge in [-0.25, -0.2) is 0 Å². The number of benzene rings is 2. The summed E-state index contributed by atoms with van der Waals surface area (Å²) in [5, 5.41) is 1.05. The zero-order valence-electron chi connectivity index (χ0n) is 15.5. The molecule has 1 aliphatic rings. The minimum absolute atomic E-state index is 0.0186. The van der Waals surface area contributed by atoms with E-state index in [1.165, 1.54) is 0 Å². The molecule has 0 unspecified atom stereocenters. The van der Waals surface area contributed by atoms with E-state index in [9.17, 15) is 9.59 Å². The van der Waals surface area contributed by atoms with Crippen LogP contribution in [0.25, 0.3) is 17.0 Å². The Morgan fingerprint density at radius 2 is 1.54 bits per heavy atom. The molecule has 5 nitrogen and oxygen atoms in total. The molecule has 0 bridgehead atoms. The number of carbonyl (C=O) groups excluding carboxylic acids is 2. The standard InChI is InChI=1S/C23H21N3O2/c27-21(12-11-19-9-4-8-18-10-5-13-24-22(18)19)25-14-16-26(17-15-25)23(28)20-6-2-1-3-7-20/h1-13H,14-17H2/b12-11+. The van der Waals surface area contributed by atoms with E-state index in [2.05, 4.69) is 4.98 Å². The predicted octanol–water partition coefficient (Wildman–Crippen LogP) is 3.23. The summed E-state index contributed by atoms with van der Waals surface area (Å²) >= 11 is 0. The highest BCUT2D eigenvalue weighted by Crippen LogP contribution is 2.17. The Balaban J connectivity index is 1.39. The summed E-state index contributed by atoms with van der Waals surface area (Å²) in [6, 6.07) is 19.1. The number of fused-ring (bicyclic) bond motifs is 1. The van der Waals surface area contributed by atoms with Crippen LogP contribution in [0, 0.1) is 0 Å². The molecular formula is C23H21N3O2. The Morgan fingerprint density at radius 1 is 0.821 bits per heavy atom. The highest BCUT2D eigenvalue weighted by molar-refractivity contribution is 5.96. The van der Waals surface area contributed by atoms with E-state index in [0.717, 1.165) is 16.5 Å². The number of pyridine rings is 1. The zero-order valence-corrected chi connectivity index (χ0v) is 15.5. The second-order valence-electron chi connectivity index (χ2n) is 6.74. The second kappa shape index (κ2) is 8.05. The lowest BCUT2D eigenvalue weighted by Crippen LogP contribution is -2.50. The van der Waals surface area contributed by atoms with Gasteiger partial charge in [0.15, 0.2) is 0 Å². The minimum Gasteiger partial charge on any atom is -0.336 e. The molecule has 2 amide bonds. The van der Waals surface area contributed by atoms with Crippen LogP contribution in [-0.2, 0) is 4.79 Å². The third-order valence-corrected chi connectivity index (χ3v) is 4.97. The molecule has 0 N–H and O–H groups in total. The maximum Gasteiger partial charge on any atom is 0.253 e. The van der Waals surface area contributed by atoms with E-state index in [-0.39, 0.29) is 11.8 Å². The summed E-state index contributed by atoms with van der Waals surface area (Å²) in [6.45, 7) is 2.16. The Bertz CT molecular complexity index is 1020. The first-order chi connectivity index (χ1) is 13.7. The van der Waals surface area contributed by atoms with Gasteiger partial charge in [0.05, 0.1) is 5.52 Å². The van der Waals surface area contributed by atoms with Gasteiger partial charge in [0.25, 0.3) is 5.91 Å². The molecule has 2 aromatic carbocycles. The number of hydrogen-bond donors (Lipinski definition) is 0. The van der Waals surface area contributed by atoms with Gasteiger partial charge in [-0.2, -0.15) is 0 Å². The number of hydrogen-bond acceptors (Lipinski definition) is 3. The monoisotopic (exact) mass is 371 g/mol. The van der Waals surface area contributed by atoms with Crippen molar-refractivity contribution in [2.75, 3.05) is 26.2 Å².